The van der Waals surface area contributed by atoms with Gasteiger partial charge in [-0.25, -0.2) is 9.97 Å². The lowest BCUT2D eigenvalue weighted by Gasteiger charge is -2.26. The maximum atomic E-state index is 5.13. The van der Waals surface area contributed by atoms with Crippen molar-refractivity contribution in [2.24, 2.45) is 0 Å². The van der Waals surface area contributed by atoms with Gasteiger partial charge in [-0.3, -0.25) is 0 Å². The highest BCUT2D eigenvalue weighted by atomic mass is 16.5. The van der Waals surface area contributed by atoms with Gasteiger partial charge in [0.15, 0.2) is 0 Å². The molecule has 84 valence electrons. The summed E-state index contributed by atoms with van der Waals surface area (Å²) in [6.45, 7) is 8.63. The Balaban J connectivity index is 2.80. The molecule has 1 aromatic heterocycles. The fourth-order valence-electron chi connectivity index (χ4n) is 1.52. The number of aryl methyl sites for hydroxylation is 2. The standard InChI is InChI=1S/C11H19N3O/c1-8-6-10(13-9(2)12-8)14-11(3,4)7-15-5/h6H,7H2,1-5H3,(H,12,13,14). The van der Waals surface area contributed by atoms with Gasteiger partial charge in [-0.05, 0) is 27.7 Å². The van der Waals surface area contributed by atoms with Crippen LogP contribution in [-0.4, -0.2) is 29.2 Å². The van der Waals surface area contributed by atoms with Crippen molar-refractivity contribution in [1.82, 2.24) is 9.97 Å². The zero-order chi connectivity index (χ0) is 11.5. The third-order valence-electron chi connectivity index (χ3n) is 1.94. The first kappa shape index (κ1) is 11.9. The van der Waals surface area contributed by atoms with E-state index >= 15 is 0 Å². The third kappa shape index (κ3) is 3.83. The average molecular weight is 209 g/mol. The molecule has 0 amide bonds. The van der Waals surface area contributed by atoms with E-state index in [4.69, 9.17) is 4.74 Å². The van der Waals surface area contributed by atoms with E-state index < -0.39 is 0 Å². The van der Waals surface area contributed by atoms with Crippen LogP contribution < -0.4 is 5.32 Å². The van der Waals surface area contributed by atoms with Crippen LogP contribution in [0.3, 0.4) is 0 Å². The van der Waals surface area contributed by atoms with Gasteiger partial charge in [0.05, 0.1) is 12.1 Å². The van der Waals surface area contributed by atoms with Gasteiger partial charge in [0.25, 0.3) is 0 Å². The summed E-state index contributed by atoms with van der Waals surface area (Å²) in [6, 6.07) is 1.93. The molecule has 0 fully saturated rings. The average Bonchev–Trinajstić information content (AvgIpc) is 1.99. The fraction of sp³-hybridized carbons (Fsp3) is 0.636. The summed E-state index contributed by atoms with van der Waals surface area (Å²) < 4.78 is 5.13. The number of rotatable bonds is 4. The molecular weight excluding hydrogens is 190 g/mol. The highest BCUT2D eigenvalue weighted by molar-refractivity contribution is 5.38. The Bertz CT molecular complexity index is 316. The Morgan fingerprint density at radius 1 is 1.33 bits per heavy atom. The van der Waals surface area contributed by atoms with Gasteiger partial charge in [0.1, 0.15) is 11.6 Å². The van der Waals surface area contributed by atoms with E-state index in [1.165, 1.54) is 0 Å². The molecule has 0 unspecified atom stereocenters. The predicted octanol–water partition coefficient (Wildman–Crippen LogP) is 1.93. The lowest BCUT2D eigenvalue weighted by atomic mass is 10.1. The predicted molar refractivity (Wildman–Crippen MR) is 61.1 cm³/mol. The van der Waals surface area contributed by atoms with Crippen LogP contribution in [0.25, 0.3) is 0 Å². The summed E-state index contributed by atoms with van der Waals surface area (Å²) in [5.41, 5.74) is 0.848. The normalized spacial score (nSPS) is 11.5. The van der Waals surface area contributed by atoms with E-state index in [-0.39, 0.29) is 5.54 Å². The lowest BCUT2D eigenvalue weighted by Crippen LogP contribution is -2.36. The Morgan fingerprint density at radius 2 is 2.00 bits per heavy atom. The van der Waals surface area contributed by atoms with Crippen LogP contribution in [0.5, 0.6) is 0 Å². The second-order valence-electron chi connectivity index (χ2n) is 4.38. The molecular formula is C11H19N3O. The van der Waals surface area contributed by atoms with E-state index in [0.717, 1.165) is 17.3 Å². The van der Waals surface area contributed by atoms with E-state index in [1.54, 1.807) is 7.11 Å². The van der Waals surface area contributed by atoms with Crippen LogP contribution in [0, 0.1) is 13.8 Å². The van der Waals surface area contributed by atoms with Gasteiger partial charge < -0.3 is 10.1 Å². The summed E-state index contributed by atoms with van der Waals surface area (Å²) in [5, 5.41) is 3.32. The first-order chi connectivity index (χ1) is 6.93. The van der Waals surface area contributed by atoms with Crippen molar-refractivity contribution >= 4 is 5.82 Å². The van der Waals surface area contributed by atoms with Crippen LogP contribution in [0.4, 0.5) is 5.82 Å². The molecule has 0 spiro atoms. The molecule has 0 saturated carbocycles. The highest BCUT2D eigenvalue weighted by Gasteiger charge is 2.17. The molecule has 1 N–H and O–H groups in total. The molecule has 1 aromatic rings. The zero-order valence-corrected chi connectivity index (χ0v) is 10.1. The molecule has 15 heavy (non-hydrogen) atoms. The molecule has 0 aliphatic heterocycles. The highest BCUT2D eigenvalue weighted by Crippen LogP contribution is 2.13. The van der Waals surface area contributed by atoms with Crippen molar-refractivity contribution in [2.45, 2.75) is 33.2 Å². The number of anilines is 1. The monoisotopic (exact) mass is 209 g/mol. The molecule has 1 heterocycles. The van der Waals surface area contributed by atoms with Crippen LogP contribution in [-0.2, 0) is 4.74 Å². The summed E-state index contributed by atoms with van der Waals surface area (Å²) >= 11 is 0. The lowest BCUT2D eigenvalue weighted by molar-refractivity contribution is 0.158. The summed E-state index contributed by atoms with van der Waals surface area (Å²) in [4.78, 5) is 8.55. The van der Waals surface area contributed by atoms with Gasteiger partial charge in [0, 0.05) is 18.9 Å². The molecule has 0 aliphatic rings. The first-order valence-electron chi connectivity index (χ1n) is 5.02. The largest absolute Gasteiger partial charge is 0.382 e. The summed E-state index contributed by atoms with van der Waals surface area (Å²) in [5.74, 6) is 1.63. The second kappa shape index (κ2) is 4.57. The molecule has 0 saturated heterocycles. The number of nitrogens with zero attached hydrogens (tertiary/aromatic N) is 2. The minimum absolute atomic E-state index is 0.123. The molecule has 0 atom stereocenters. The summed E-state index contributed by atoms with van der Waals surface area (Å²) in [7, 11) is 1.69. The number of hydrogen-bond acceptors (Lipinski definition) is 4. The van der Waals surface area contributed by atoms with Crippen molar-refractivity contribution in [3.8, 4) is 0 Å². The van der Waals surface area contributed by atoms with Crippen LogP contribution in [0.1, 0.15) is 25.4 Å². The maximum Gasteiger partial charge on any atom is 0.130 e. The maximum absolute atomic E-state index is 5.13. The van der Waals surface area contributed by atoms with Gasteiger partial charge >= 0.3 is 0 Å². The molecule has 4 heteroatoms. The Kier molecular flexibility index (Phi) is 3.63. The Labute approximate surface area is 91.1 Å². The zero-order valence-electron chi connectivity index (χ0n) is 10.1. The number of hydrogen-bond donors (Lipinski definition) is 1. The van der Waals surface area contributed by atoms with E-state index in [0.29, 0.717) is 6.61 Å². The molecule has 0 bridgehead atoms. The van der Waals surface area contributed by atoms with Crippen molar-refractivity contribution in [2.75, 3.05) is 19.0 Å². The molecule has 0 aromatic carbocycles. The minimum atomic E-state index is -0.123. The van der Waals surface area contributed by atoms with Crippen LogP contribution >= 0.6 is 0 Å². The Hall–Kier alpha value is -1.16. The number of aromatic nitrogens is 2. The van der Waals surface area contributed by atoms with E-state index in [2.05, 4.69) is 29.1 Å². The van der Waals surface area contributed by atoms with E-state index in [9.17, 15) is 0 Å². The van der Waals surface area contributed by atoms with E-state index in [1.807, 2.05) is 19.9 Å². The fourth-order valence-corrected chi connectivity index (χ4v) is 1.52. The molecule has 1 rings (SSSR count). The summed E-state index contributed by atoms with van der Waals surface area (Å²) in [6.07, 6.45) is 0. The quantitative estimate of drug-likeness (QED) is 0.823. The first-order valence-corrected chi connectivity index (χ1v) is 5.02. The van der Waals surface area contributed by atoms with Crippen molar-refractivity contribution in [3.63, 3.8) is 0 Å². The molecule has 0 aliphatic carbocycles. The van der Waals surface area contributed by atoms with Crippen molar-refractivity contribution in [1.29, 1.82) is 0 Å². The van der Waals surface area contributed by atoms with Gasteiger partial charge in [-0.1, -0.05) is 0 Å². The second-order valence-corrected chi connectivity index (χ2v) is 4.38. The van der Waals surface area contributed by atoms with Gasteiger partial charge in [0.2, 0.25) is 0 Å². The van der Waals surface area contributed by atoms with Crippen LogP contribution in [0.15, 0.2) is 6.07 Å². The number of ether oxygens (including phenoxy) is 1. The SMILES string of the molecule is COCC(C)(C)Nc1cc(C)nc(C)n1. The molecule has 4 nitrogen and oxygen atoms in total. The number of nitrogens with one attached hydrogen (secondary N) is 1. The third-order valence-corrected chi connectivity index (χ3v) is 1.94. The minimum Gasteiger partial charge on any atom is -0.382 e. The van der Waals surface area contributed by atoms with Crippen molar-refractivity contribution < 1.29 is 4.74 Å². The van der Waals surface area contributed by atoms with Gasteiger partial charge in [-0.2, -0.15) is 0 Å². The number of methoxy groups -OCH3 is 1. The van der Waals surface area contributed by atoms with Gasteiger partial charge in [-0.15, -0.1) is 0 Å². The topological polar surface area (TPSA) is 47.0 Å². The smallest absolute Gasteiger partial charge is 0.130 e. The Morgan fingerprint density at radius 3 is 2.53 bits per heavy atom. The van der Waals surface area contributed by atoms with Crippen molar-refractivity contribution in [3.05, 3.63) is 17.6 Å². The van der Waals surface area contributed by atoms with Crippen LogP contribution in [0.2, 0.25) is 0 Å². The molecule has 0 radical (unpaired) electrons.